The summed E-state index contributed by atoms with van der Waals surface area (Å²) in [5, 5.41) is 3.30. The lowest BCUT2D eigenvalue weighted by Gasteiger charge is -2.06. The minimum Gasteiger partial charge on any atom is -0.447 e. The summed E-state index contributed by atoms with van der Waals surface area (Å²) < 4.78 is 31.9. The second-order valence-electron chi connectivity index (χ2n) is 4.17. The van der Waals surface area contributed by atoms with Crippen LogP contribution in [0.15, 0.2) is 45.9 Å². The zero-order chi connectivity index (χ0) is 14.6. The Bertz CT molecular complexity index is 682. The van der Waals surface area contributed by atoms with Crippen LogP contribution in [0, 0.1) is 0 Å². The van der Waals surface area contributed by atoms with Gasteiger partial charge in [0, 0.05) is 11.6 Å². The molecule has 20 heavy (non-hydrogen) atoms. The summed E-state index contributed by atoms with van der Waals surface area (Å²) in [6.45, 7) is 0.587. The van der Waals surface area contributed by atoms with Crippen LogP contribution in [0.3, 0.4) is 0 Å². The first-order valence-corrected chi connectivity index (χ1v) is 7.85. The molecule has 0 radical (unpaired) electrons. The maximum atomic E-state index is 12.1. The predicted octanol–water partition coefficient (Wildman–Crippen LogP) is 2.13. The first-order chi connectivity index (χ1) is 9.53. The lowest BCUT2D eigenvalue weighted by Crippen LogP contribution is -2.23. The summed E-state index contributed by atoms with van der Waals surface area (Å²) in [6, 6.07) is 10.1. The third kappa shape index (κ3) is 3.61. The number of nitrogens with one attached hydrogen (secondary N) is 2. The van der Waals surface area contributed by atoms with Crippen molar-refractivity contribution in [1.82, 2.24) is 10.0 Å². The lowest BCUT2D eigenvalue weighted by molar-refractivity contribution is 0.404. The van der Waals surface area contributed by atoms with Gasteiger partial charge in [-0.1, -0.05) is 29.8 Å². The molecule has 7 heteroatoms. The maximum Gasteiger partial charge on any atom is 0.274 e. The molecule has 108 valence electrons. The van der Waals surface area contributed by atoms with E-state index in [2.05, 4.69) is 10.0 Å². The van der Waals surface area contributed by atoms with Gasteiger partial charge in [0.25, 0.3) is 10.0 Å². The van der Waals surface area contributed by atoms with Crippen LogP contribution in [0.5, 0.6) is 0 Å². The van der Waals surface area contributed by atoms with Gasteiger partial charge in [-0.25, -0.2) is 13.1 Å². The highest BCUT2D eigenvalue weighted by Gasteiger charge is 2.18. The minimum atomic E-state index is -3.68. The Morgan fingerprint density at radius 3 is 2.60 bits per heavy atom. The van der Waals surface area contributed by atoms with Gasteiger partial charge >= 0.3 is 0 Å². The molecule has 0 spiro atoms. The summed E-state index contributed by atoms with van der Waals surface area (Å²) in [4.78, 5) is 0. The van der Waals surface area contributed by atoms with Crippen molar-refractivity contribution in [2.75, 3.05) is 7.05 Å². The number of hydrogen-bond acceptors (Lipinski definition) is 4. The Balaban J connectivity index is 2.09. The molecule has 0 aliphatic rings. The normalized spacial score (nSPS) is 11.7. The summed E-state index contributed by atoms with van der Waals surface area (Å²) in [5.74, 6) is 0.561. The molecule has 0 saturated carbocycles. The second kappa shape index (κ2) is 6.41. The first kappa shape index (κ1) is 15.1. The highest BCUT2D eigenvalue weighted by Crippen LogP contribution is 2.17. The van der Waals surface area contributed by atoms with E-state index in [-0.39, 0.29) is 11.6 Å². The number of sulfonamides is 1. The molecule has 0 amide bonds. The van der Waals surface area contributed by atoms with E-state index in [1.165, 1.54) is 6.07 Å². The molecular formula is C13H15ClN2O3S. The second-order valence-corrected chi connectivity index (χ2v) is 6.27. The van der Waals surface area contributed by atoms with E-state index in [9.17, 15) is 8.42 Å². The van der Waals surface area contributed by atoms with E-state index in [4.69, 9.17) is 16.0 Å². The Hall–Kier alpha value is -1.34. The first-order valence-electron chi connectivity index (χ1n) is 5.99. The summed E-state index contributed by atoms with van der Waals surface area (Å²) >= 11 is 5.98. The smallest absolute Gasteiger partial charge is 0.274 e. The highest BCUT2D eigenvalue weighted by molar-refractivity contribution is 7.89. The van der Waals surface area contributed by atoms with Gasteiger partial charge in [-0.3, -0.25) is 0 Å². The van der Waals surface area contributed by atoms with Gasteiger partial charge < -0.3 is 9.73 Å². The monoisotopic (exact) mass is 314 g/mol. The molecule has 0 unspecified atom stereocenters. The molecule has 0 bridgehead atoms. The van der Waals surface area contributed by atoms with Crippen molar-refractivity contribution >= 4 is 21.6 Å². The van der Waals surface area contributed by atoms with Gasteiger partial charge in [0.2, 0.25) is 5.09 Å². The summed E-state index contributed by atoms with van der Waals surface area (Å²) in [6.07, 6.45) is 0. The number of benzene rings is 1. The number of halogens is 1. The summed E-state index contributed by atoms with van der Waals surface area (Å²) in [7, 11) is -1.92. The Kier molecular flexibility index (Phi) is 4.82. The van der Waals surface area contributed by atoms with Gasteiger partial charge in [-0.15, -0.1) is 0 Å². The SMILES string of the molecule is CNCc1ccc(S(=O)(=O)NCc2ccccc2Cl)o1. The van der Waals surface area contributed by atoms with Gasteiger partial charge in [0.15, 0.2) is 0 Å². The van der Waals surface area contributed by atoms with Crippen molar-refractivity contribution < 1.29 is 12.8 Å². The van der Waals surface area contributed by atoms with Crippen LogP contribution in [0.4, 0.5) is 0 Å². The van der Waals surface area contributed by atoms with Crippen LogP contribution in [-0.4, -0.2) is 15.5 Å². The Labute approximate surface area is 123 Å². The molecule has 0 fully saturated rings. The van der Waals surface area contributed by atoms with Crippen molar-refractivity contribution in [3.63, 3.8) is 0 Å². The van der Waals surface area contributed by atoms with Gasteiger partial charge in [-0.05, 0) is 30.8 Å². The van der Waals surface area contributed by atoms with Crippen molar-refractivity contribution in [3.05, 3.63) is 52.7 Å². The zero-order valence-electron chi connectivity index (χ0n) is 10.9. The maximum absolute atomic E-state index is 12.1. The van der Waals surface area contributed by atoms with E-state index in [0.29, 0.717) is 22.9 Å². The molecule has 2 rings (SSSR count). The quantitative estimate of drug-likeness (QED) is 0.857. The van der Waals surface area contributed by atoms with Crippen LogP contribution in [0.1, 0.15) is 11.3 Å². The molecule has 1 heterocycles. The molecule has 2 N–H and O–H groups in total. The molecule has 0 atom stereocenters. The van der Waals surface area contributed by atoms with Gasteiger partial charge in [0.1, 0.15) is 5.76 Å². The highest BCUT2D eigenvalue weighted by atomic mass is 35.5. The average molecular weight is 315 g/mol. The van der Waals surface area contributed by atoms with Crippen LogP contribution in [-0.2, 0) is 23.1 Å². The zero-order valence-corrected chi connectivity index (χ0v) is 12.5. The van der Waals surface area contributed by atoms with Crippen molar-refractivity contribution in [2.24, 2.45) is 0 Å². The lowest BCUT2D eigenvalue weighted by atomic mass is 10.2. The van der Waals surface area contributed by atoms with Gasteiger partial charge in [0.05, 0.1) is 6.54 Å². The predicted molar refractivity (Wildman–Crippen MR) is 76.9 cm³/mol. The molecule has 5 nitrogen and oxygen atoms in total. The average Bonchev–Trinajstić information content (AvgIpc) is 2.88. The fraction of sp³-hybridized carbons (Fsp3) is 0.231. The molecule has 0 saturated heterocycles. The Morgan fingerprint density at radius 1 is 1.15 bits per heavy atom. The van der Waals surface area contributed by atoms with E-state index in [1.54, 1.807) is 37.4 Å². The van der Waals surface area contributed by atoms with Crippen molar-refractivity contribution in [1.29, 1.82) is 0 Å². The molecular weight excluding hydrogens is 300 g/mol. The van der Waals surface area contributed by atoms with E-state index >= 15 is 0 Å². The number of furan rings is 1. The fourth-order valence-corrected chi connectivity index (χ4v) is 2.81. The van der Waals surface area contributed by atoms with Crippen LogP contribution in [0.2, 0.25) is 5.02 Å². The van der Waals surface area contributed by atoms with Crippen LogP contribution in [0.25, 0.3) is 0 Å². The van der Waals surface area contributed by atoms with Crippen LogP contribution < -0.4 is 10.0 Å². The van der Waals surface area contributed by atoms with Crippen molar-refractivity contribution in [2.45, 2.75) is 18.2 Å². The molecule has 1 aromatic heterocycles. The number of hydrogen-bond donors (Lipinski definition) is 2. The minimum absolute atomic E-state index is 0.102. The standard InChI is InChI=1S/C13H15ClN2O3S/c1-15-9-11-6-7-13(19-11)20(17,18)16-8-10-4-2-3-5-12(10)14/h2-7,15-16H,8-9H2,1H3. The fourth-order valence-electron chi connectivity index (χ4n) is 1.66. The molecule has 0 aliphatic carbocycles. The van der Waals surface area contributed by atoms with E-state index < -0.39 is 10.0 Å². The topological polar surface area (TPSA) is 71.3 Å². The van der Waals surface area contributed by atoms with E-state index in [1.807, 2.05) is 0 Å². The van der Waals surface area contributed by atoms with E-state index in [0.717, 1.165) is 0 Å². The third-order valence-corrected chi connectivity index (χ3v) is 4.31. The van der Waals surface area contributed by atoms with Gasteiger partial charge in [-0.2, -0.15) is 0 Å². The van der Waals surface area contributed by atoms with Crippen LogP contribution >= 0.6 is 11.6 Å². The molecule has 2 aromatic rings. The third-order valence-electron chi connectivity index (χ3n) is 2.66. The largest absolute Gasteiger partial charge is 0.447 e. The van der Waals surface area contributed by atoms with Crippen molar-refractivity contribution in [3.8, 4) is 0 Å². The Morgan fingerprint density at radius 2 is 1.90 bits per heavy atom. The number of rotatable bonds is 6. The molecule has 1 aromatic carbocycles. The summed E-state index contributed by atoms with van der Waals surface area (Å²) in [5.41, 5.74) is 0.708. The molecule has 0 aliphatic heterocycles.